The maximum atomic E-state index is 14.0. The number of ether oxygens (including phenoxy) is 3. The Labute approximate surface area is 216 Å². The highest BCUT2D eigenvalue weighted by Gasteiger charge is 2.38. The lowest BCUT2D eigenvalue weighted by molar-refractivity contribution is -0.143. The lowest BCUT2D eigenvalue weighted by atomic mass is 9.99. The van der Waals surface area contributed by atoms with Crippen LogP contribution < -0.4 is 14.8 Å². The molecule has 1 saturated heterocycles. The zero-order valence-electron chi connectivity index (χ0n) is 22.1. The number of carbonyl (C=O) groups is 2. The van der Waals surface area contributed by atoms with Crippen molar-refractivity contribution in [3.8, 4) is 11.5 Å². The third-order valence-corrected chi connectivity index (χ3v) is 6.24. The van der Waals surface area contributed by atoms with Gasteiger partial charge in [0.25, 0.3) is 0 Å². The lowest BCUT2D eigenvalue weighted by Gasteiger charge is -2.35. The molecular formula is C27H35N5O5. The van der Waals surface area contributed by atoms with E-state index in [0.29, 0.717) is 29.2 Å². The highest BCUT2D eigenvalue weighted by atomic mass is 16.5. The van der Waals surface area contributed by atoms with Gasteiger partial charge in [-0.1, -0.05) is 29.5 Å². The highest BCUT2D eigenvalue weighted by Crippen LogP contribution is 2.38. The van der Waals surface area contributed by atoms with Gasteiger partial charge >= 0.3 is 0 Å². The number of hydrogen-bond acceptors (Lipinski definition) is 7. The molecule has 0 aliphatic carbocycles. The van der Waals surface area contributed by atoms with Crippen molar-refractivity contribution in [3.63, 3.8) is 0 Å². The number of amides is 2. The smallest absolute Gasteiger partial charge is 0.247 e. The summed E-state index contributed by atoms with van der Waals surface area (Å²) in [6.07, 6.45) is 1.53. The number of hydrogen-bond donors (Lipinski definition) is 1. The molecule has 10 nitrogen and oxygen atoms in total. The lowest BCUT2D eigenvalue weighted by Crippen LogP contribution is -2.51. The van der Waals surface area contributed by atoms with Crippen LogP contribution in [0.5, 0.6) is 11.5 Å². The molecule has 2 heterocycles. The summed E-state index contributed by atoms with van der Waals surface area (Å²) in [5, 5.41) is 11.4. The third kappa shape index (κ3) is 6.02. The standard InChI is InChI=1S/C27H35N5O5/c1-27(2,3)28-26(34)24(19-11-8-14-22(35-4)25(19)36-5)31(16-18-10-9-15-37-18)23(33)17-32-21-13-7-6-12-20(21)29-30-32/h6-8,11-14,18,24H,9-10,15-17H2,1-5H3,(H,28,34)/t18-,24+/m1/s1. The fourth-order valence-corrected chi connectivity index (χ4v) is 4.63. The van der Waals surface area contributed by atoms with Crippen molar-refractivity contribution in [1.82, 2.24) is 25.2 Å². The molecule has 1 aliphatic rings. The van der Waals surface area contributed by atoms with Crippen molar-refractivity contribution in [1.29, 1.82) is 0 Å². The highest BCUT2D eigenvalue weighted by molar-refractivity contribution is 5.90. The number of rotatable bonds is 9. The first-order valence-electron chi connectivity index (χ1n) is 12.4. The number of carbonyl (C=O) groups excluding carboxylic acids is 2. The molecule has 1 fully saturated rings. The first-order valence-corrected chi connectivity index (χ1v) is 12.4. The monoisotopic (exact) mass is 509 g/mol. The quantitative estimate of drug-likeness (QED) is 0.472. The van der Waals surface area contributed by atoms with Crippen LogP contribution in [-0.2, 0) is 20.9 Å². The number of fused-ring (bicyclic) bond motifs is 1. The Bertz CT molecular complexity index is 1250. The maximum Gasteiger partial charge on any atom is 0.247 e. The predicted molar refractivity (Wildman–Crippen MR) is 138 cm³/mol. The Hall–Kier alpha value is -3.66. The minimum atomic E-state index is -0.990. The number of nitrogens with zero attached hydrogens (tertiary/aromatic N) is 4. The van der Waals surface area contributed by atoms with E-state index in [1.165, 1.54) is 14.2 Å². The minimum Gasteiger partial charge on any atom is -0.493 e. The van der Waals surface area contributed by atoms with E-state index in [0.717, 1.165) is 18.4 Å². The van der Waals surface area contributed by atoms with E-state index >= 15 is 0 Å². The van der Waals surface area contributed by atoms with E-state index in [1.807, 2.05) is 45.0 Å². The molecule has 3 aromatic rings. The second-order valence-corrected chi connectivity index (χ2v) is 10.1. The van der Waals surface area contributed by atoms with Gasteiger partial charge in [-0.3, -0.25) is 9.59 Å². The van der Waals surface area contributed by atoms with Gasteiger partial charge in [0.1, 0.15) is 18.1 Å². The van der Waals surface area contributed by atoms with Gasteiger partial charge in [-0.15, -0.1) is 5.10 Å². The summed E-state index contributed by atoms with van der Waals surface area (Å²) >= 11 is 0. The van der Waals surface area contributed by atoms with Crippen molar-refractivity contribution in [3.05, 3.63) is 48.0 Å². The molecule has 4 rings (SSSR count). The van der Waals surface area contributed by atoms with E-state index in [9.17, 15) is 9.59 Å². The number of benzene rings is 2. The molecule has 0 radical (unpaired) electrons. The van der Waals surface area contributed by atoms with E-state index in [1.54, 1.807) is 27.8 Å². The average molecular weight is 510 g/mol. The normalized spacial score (nSPS) is 16.4. The summed E-state index contributed by atoms with van der Waals surface area (Å²) in [6, 6.07) is 11.8. The summed E-state index contributed by atoms with van der Waals surface area (Å²) < 4.78 is 18.6. The molecule has 2 amide bonds. The SMILES string of the molecule is COc1cccc([C@@H](C(=O)NC(C)(C)C)N(C[C@H]2CCCO2)C(=O)Cn2nnc3ccccc32)c1OC. The maximum absolute atomic E-state index is 14.0. The Morgan fingerprint density at radius 1 is 1.16 bits per heavy atom. The van der Waals surface area contributed by atoms with Crippen LogP contribution in [0.25, 0.3) is 11.0 Å². The molecule has 1 aromatic heterocycles. The van der Waals surface area contributed by atoms with Crippen LogP contribution in [0, 0.1) is 0 Å². The summed E-state index contributed by atoms with van der Waals surface area (Å²) in [5.74, 6) is 0.259. The van der Waals surface area contributed by atoms with Gasteiger partial charge in [0, 0.05) is 24.3 Å². The van der Waals surface area contributed by atoms with Crippen LogP contribution in [0.15, 0.2) is 42.5 Å². The van der Waals surface area contributed by atoms with Crippen LogP contribution in [0.1, 0.15) is 45.2 Å². The van der Waals surface area contributed by atoms with Crippen LogP contribution in [-0.4, -0.2) is 70.7 Å². The summed E-state index contributed by atoms with van der Waals surface area (Å²) in [7, 11) is 3.06. The van der Waals surface area contributed by atoms with Crippen molar-refractivity contribution in [2.24, 2.45) is 0 Å². The Morgan fingerprint density at radius 2 is 1.95 bits per heavy atom. The molecule has 37 heavy (non-hydrogen) atoms. The predicted octanol–water partition coefficient (Wildman–Crippen LogP) is 3.11. The van der Waals surface area contributed by atoms with Gasteiger partial charge in [0.15, 0.2) is 11.5 Å². The van der Waals surface area contributed by atoms with Gasteiger partial charge < -0.3 is 24.4 Å². The second kappa shape index (κ2) is 11.2. The molecule has 1 N–H and O–H groups in total. The largest absolute Gasteiger partial charge is 0.493 e. The summed E-state index contributed by atoms with van der Waals surface area (Å²) in [6.45, 7) is 6.49. The van der Waals surface area contributed by atoms with Crippen LogP contribution >= 0.6 is 0 Å². The molecule has 0 unspecified atom stereocenters. The zero-order valence-corrected chi connectivity index (χ0v) is 22.1. The third-order valence-electron chi connectivity index (χ3n) is 6.24. The van der Waals surface area contributed by atoms with Gasteiger partial charge in [0.2, 0.25) is 11.8 Å². The fourth-order valence-electron chi connectivity index (χ4n) is 4.63. The molecule has 2 aromatic carbocycles. The van der Waals surface area contributed by atoms with Crippen LogP contribution in [0.4, 0.5) is 0 Å². The van der Waals surface area contributed by atoms with Crippen molar-refractivity contribution in [2.75, 3.05) is 27.4 Å². The Balaban J connectivity index is 1.79. The van der Waals surface area contributed by atoms with Crippen LogP contribution in [0.2, 0.25) is 0 Å². The van der Waals surface area contributed by atoms with E-state index < -0.39 is 11.6 Å². The van der Waals surface area contributed by atoms with Crippen LogP contribution in [0.3, 0.4) is 0 Å². The number of para-hydroxylation sites is 2. The number of methoxy groups -OCH3 is 2. The van der Waals surface area contributed by atoms with E-state index in [4.69, 9.17) is 14.2 Å². The molecule has 0 bridgehead atoms. The molecular weight excluding hydrogens is 474 g/mol. The number of aromatic nitrogens is 3. The average Bonchev–Trinajstić information content (AvgIpc) is 3.52. The Kier molecular flexibility index (Phi) is 7.97. The summed E-state index contributed by atoms with van der Waals surface area (Å²) in [4.78, 5) is 29.5. The van der Waals surface area contributed by atoms with E-state index in [2.05, 4.69) is 15.6 Å². The first kappa shape index (κ1) is 26.4. The molecule has 0 spiro atoms. The van der Waals surface area contributed by atoms with Crippen molar-refractivity contribution in [2.45, 2.75) is 57.8 Å². The van der Waals surface area contributed by atoms with Gasteiger partial charge in [-0.25, -0.2) is 4.68 Å². The molecule has 0 saturated carbocycles. The molecule has 198 valence electrons. The Morgan fingerprint density at radius 3 is 2.62 bits per heavy atom. The summed E-state index contributed by atoms with van der Waals surface area (Å²) in [5.41, 5.74) is 1.43. The number of nitrogens with one attached hydrogen (secondary N) is 1. The van der Waals surface area contributed by atoms with Gasteiger partial charge in [-0.2, -0.15) is 0 Å². The van der Waals surface area contributed by atoms with Gasteiger partial charge in [0.05, 0.1) is 25.8 Å². The first-order chi connectivity index (χ1) is 17.7. The molecule has 10 heteroatoms. The van der Waals surface area contributed by atoms with E-state index in [-0.39, 0.29) is 31.0 Å². The zero-order chi connectivity index (χ0) is 26.6. The minimum absolute atomic E-state index is 0.0845. The fraction of sp³-hybridized carbons (Fsp3) is 0.481. The van der Waals surface area contributed by atoms with Crippen molar-refractivity contribution < 1.29 is 23.8 Å². The molecule has 1 aliphatic heterocycles. The molecule has 2 atom stereocenters. The van der Waals surface area contributed by atoms with Crippen molar-refractivity contribution >= 4 is 22.8 Å². The van der Waals surface area contributed by atoms with Gasteiger partial charge in [-0.05, 0) is 51.8 Å². The second-order valence-electron chi connectivity index (χ2n) is 10.1. The topological polar surface area (TPSA) is 108 Å².